The summed E-state index contributed by atoms with van der Waals surface area (Å²) < 4.78 is 1.74. The zero-order valence-corrected chi connectivity index (χ0v) is 14.3. The fourth-order valence-corrected chi connectivity index (χ4v) is 3.54. The zero-order valence-electron chi connectivity index (χ0n) is 14.3. The average Bonchev–Trinajstić information content (AvgIpc) is 2.66. The van der Waals surface area contributed by atoms with E-state index in [4.69, 9.17) is 0 Å². The van der Waals surface area contributed by atoms with Gasteiger partial charge in [-0.3, -0.25) is 9.36 Å². The van der Waals surface area contributed by atoms with Crippen molar-refractivity contribution < 1.29 is 0 Å². The Morgan fingerprint density at radius 2 is 1.96 bits per heavy atom. The average molecular weight is 335 g/mol. The van der Waals surface area contributed by atoms with E-state index >= 15 is 0 Å². The van der Waals surface area contributed by atoms with Gasteiger partial charge in [0.05, 0.1) is 12.5 Å². The van der Waals surface area contributed by atoms with Gasteiger partial charge in [-0.25, -0.2) is 4.98 Å². The molecule has 6 nitrogen and oxygen atoms in total. The first-order valence-corrected chi connectivity index (χ1v) is 8.69. The fraction of sp³-hybridized carbons (Fsp3) is 0.368. The lowest BCUT2D eigenvalue weighted by Gasteiger charge is -2.33. The highest BCUT2D eigenvalue weighted by Crippen LogP contribution is 2.27. The molecule has 1 saturated heterocycles. The molecule has 3 heterocycles. The van der Waals surface area contributed by atoms with Crippen LogP contribution in [0.15, 0.2) is 47.8 Å². The first-order chi connectivity index (χ1) is 12.2. The highest BCUT2D eigenvalue weighted by atomic mass is 16.1. The zero-order chi connectivity index (χ0) is 17.2. The lowest BCUT2D eigenvalue weighted by Crippen LogP contribution is -2.37. The second-order valence-corrected chi connectivity index (χ2v) is 6.72. The number of aromatic nitrogens is 4. The highest BCUT2D eigenvalue weighted by molar-refractivity contribution is 5.91. The molecule has 2 aromatic heterocycles. The Hall–Kier alpha value is -2.76. The first-order valence-electron chi connectivity index (χ1n) is 8.69. The number of hydrogen-bond acceptors (Lipinski definition) is 5. The minimum Gasteiger partial charge on any atom is -0.355 e. The molecule has 0 bridgehead atoms. The van der Waals surface area contributed by atoms with Crippen molar-refractivity contribution in [1.29, 1.82) is 0 Å². The number of anilines is 1. The van der Waals surface area contributed by atoms with E-state index in [1.165, 1.54) is 0 Å². The van der Waals surface area contributed by atoms with Gasteiger partial charge in [-0.05, 0) is 25.7 Å². The number of hydrogen-bond donors (Lipinski definition) is 0. The summed E-state index contributed by atoms with van der Waals surface area (Å²) in [4.78, 5) is 18.6. The van der Waals surface area contributed by atoms with E-state index < -0.39 is 0 Å². The Labute approximate surface area is 146 Å². The van der Waals surface area contributed by atoms with E-state index in [1.807, 2.05) is 25.3 Å². The van der Waals surface area contributed by atoms with Crippen LogP contribution >= 0.6 is 0 Å². The van der Waals surface area contributed by atoms with Gasteiger partial charge in [0.25, 0.3) is 5.56 Å². The van der Waals surface area contributed by atoms with Crippen molar-refractivity contribution in [3.8, 4) is 0 Å². The maximum atomic E-state index is 12.2. The smallest absolute Gasteiger partial charge is 0.256 e. The summed E-state index contributed by atoms with van der Waals surface area (Å²) in [5, 5.41) is 10.8. The highest BCUT2D eigenvalue weighted by Gasteiger charge is 2.22. The van der Waals surface area contributed by atoms with E-state index in [-0.39, 0.29) is 5.56 Å². The summed E-state index contributed by atoms with van der Waals surface area (Å²) in [6.07, 6.45) is 7.15. The Bertz CT molecular complexity index is 938. The maximum absolute atomic E-state index is 12.2. The van der Waals surface area contributed by atoms with Gasteiger partial charge in [0.1, 0.15) is 0 Å². The summed E-state index contributed by atoms with van der Waals surface area (Å²) in [7, 11) is 0. The molecule has 4 rings (SSSR count). The van der Waals surface area contributed by atoms with Gasteiger partial charge in [-0.2, -0.15) is 5.10 Å². The molecule has 0 unspecified atom stereocenters. The number of piperidine rings is 1. The molecule has 1 aliphatic heterocycles. The van der Waals surface area contributed by atoms with Crippen LogP contribution in [-0.2, 0) is 6.54 Å². The Balaban J connectivity index is 1.48. The van der Waals surface area contributed by atoms with Gasteiger partial charge in [0, 0.05) is 42.2 Å². The molecule has 0 amide bonds. The van der Waals surface area contributed by atoms with Crippen LogP contribution in [-0.4, -0.2) is 32.8 Å². The molecule has 0 atom stereocenters. The van der Waals surface area contributed by atoms with Gasteiger partial charge in [-0.1, -0.05) is 24.3 Å². The minimum absolute atomic E-state index is 0.0670. The van der Waals surface area contributed by atoms with E-state index in [9.17, 15) is 4.79 Å². The largest absolute Gasteiger partial charge is 0.355 e. The molecular formula is C19H21N5O. The number of rotatable bonds is 3. The topological polar surface area (TPSA) is 63.9 Å². The van der Waals surface area contributed by atoms with Crippen LogP contribution in [0, 0.1) is 12.8 Å². The van der Waals surface area contributed by atoms with E-state index in [2.05, 4.69) is 32.2 Å². The van der Waals surface area contributed by atoms with Crippen LogP contribution in [0.1, 0.15) is 18.4 Å². The number of aryl methyl sites for hydroxylation is 1. The molecule has 6 heteroatoms. The summed E-state index contributed by atoms with van der Waals surface area (Å²) >= 11 is 0. The second-order valence-electron chi connectivity index (χ2n) is 6.72. The molecule has 3 aromatic rings. The summed E-state index contributed by atoms with van der Waals surface area (Å²) in [5.74, 6) is 1.45. The number of nitrogens with zero attached hydrogens (tertiary/aromatic N) is 5. The van der Waals surface area contributed by atoms with Gasteiger partial charge >= 0.3 is 0 Å². The van der Waals surface area contributed by atoms with Crippen LogP contribution in [0.4, 0.5) is 5.82 Å². The lowest BCUT2D eigenvalue weighted by atomic mass is 9.96. The third-order valence-electron chi connectivity index (χ3n) is 4.99. The summed E-state index contributed by atoms with van der Waals surface area (Å²) in [6.45, 7) is 4.42. The van der Waals surface area contributed by atoms with Gasteiger partial charge in [0.2, 0.25) is 0 Å². The van der Waals surface area contributed by atoms with Crippen molar-refractivity contribution >= 4 is 16.6 Å². The minimum atomic E-state index is 0.0670. The van der Waals surface area contributed by atoms with Crippen LogP contribution < -0.4 is 10.5 Å². The van der Waals surface area contributed by atoms with Crippen molar-refractivity contribution in [1.82, 2.24) is 19.7 Å². The van der Waals surface area contributed by atoms with Crippen molar-refractivity contribution in [2.45, 2.75) is 26.3 Å². The van der Waals surface area contributed by atoms with Crippen LogP contribution in [0.5, 0.6) is 0 Å². The quantitative estimate of drug-likeness (QED) is 0.735. The maximum Gasteiger partial charge on any atom is 0.256 e. The Morgan fingerprint density at radius 1 is 1.16 bits per heavy atom. The Morgan fingerprint density at radius 3 is 2.80 bits per heavy atom. The SMILES string of the molecule is Cc1cncn(CC2CCN(c3nncc4ccccc34)CC2)c1=O. The van der Waals surface area contributed by atoms with Crippen molar-refractivity contribution in [3.05, 3.63) is 58.9 Å². The van der Waals surface area contributed by atoms with Crippen molar-refractivity contribution in [3.63, 3.8) is 0 Å². The third-order valence-corrected chi connectivity index (χ3v) is 4.99. The van der Waals surface area contributed by atoms with Crippen molar-refractivity contribution in [2.24, 2.45) is 5.92 Å². The molecule has 0 saturated carbocycles. The van der Waals surface area contributed by atoms with Gasteiger partial charge in [-0.15, -0.1) is 5.10 Å². The standard InChI is InChI=1S/C19H21N5O/c1-14-10-20-13-24(19(14)25)12-15-6-8-23(9-7-15)18-17-5-3-2-4-16(17)11-21-22-18/h2-5,10-11,13,15H,6-9,12H2,1H3. The molecule has 25 heavy (non-hydrogen) atoms. The van der Waals surface area contributed by atoms with E-state index in [0.717, 1.165) is 49.1 Å². The number of benzene rings is 1. The number of fused-ring (bicyclic) bond motifs is 1. The first kappa shape index (κ1) is 15.7. The molecule has 1 aromatic carbocycles. The normalized spacial score (nSPS) is 15.6. The summed E-state index contributed by atoms with van der Waals surface area (Å²) in [5.41, 5.74) is 0.767. The third kappa shape index (κ3) is 3.12. The molecule has 1 aliphatic rings. The van der Waals surface area contributed by atoms with Crippen LogP contribution in [0.2, 0.25) is 0 Å². The molecule has 128 valence electrons. The van der Waals surface area contributed by atoms with Crippen LogP contribution in [0.25, 0.3) is 10.8 Å². The molecule has 1 fully saturated rings. The van der Waals surface area contributed by atoms with Gasteiger partial charge < -0.3 is 4.90 Å². The van der Waals surface area contributed by atoms with E-state index in [0.29, 0.717) is 11.5 Å². The van der Waals surface area contributed by atoms with Crippen molar-refractivity contribution in [2.75, 3.05) is 18.0 Å². The predicted octanol–water partition coefficient (Wildman–Crippen LogP) is 2.41. The molecule has 0 spiro atoms. The summed E-state index contributed by atoms with van der Waals surface area (Å²) in [6, 6.07) is 8.23. The van der Waals surface area contributed by atoms with Crippen LogP contribution in [0.3, 0.4) is 0 Å². The monoisotopic (exact) mass is 335 g/mol. The molecule has 0 N–H and O–H groups in total. The lowest BCUT2D eigenvalue weighted by molar-refractivity contribution is 0.350. The molecule has 0 aliphatic carbocycles. The Kier molecular flexibility index (Phi) is 4.17. The second kappa shape index (κ2) is 6.63. The fourth-order valence-electron chi connectivity index (χ4n) is 3.54. The predicted molar refractivity (Wildman–Crippen MR) is 97.7 cm³/mol. The molecule has 0 radical (unpaired) electrons. The molecular weight excluding hydrogens is 314 g/mol. The van der Waals surface area contributed by atoms with Gasteiger partial charge in [0.15, 0.2) is 5.82 Å². The van der Waals surface area contributed by atoms with E-state index in [1.54, 1.807) is 17.1 Å².